The fraction of sp³-hybridized carbons (Fsp3) is 0.538. The van der Waals surface area contributed by atoms with Crippen LogP contribution < -0.4 is 11.1 Å². The van der Waals surface area contributed by atoms with E-state index in [0.29, 0.717) is 6.54 Å². The normalized spacial score (nSPS) is 12.2. The summed E-state index contributed by atoms with van der Waals surface area (Å²) in [5.41, 5.74) is 7.74. The number of hydrogen-bond donors (Lipinski definition) is 2. The molecule has 0 saturated carbocycles. The molecule has 1 amide bonds. The number of rotatable bonds is 6. The summed E-state index contributed by atoms with van der Waals surface area (Å²) < 4.78 is 0. The van der Waals surface area contributed by atoms with Gasteiger partial charge in [0.25, 0.3) is 0 Å². The van der Waals surface area contributed by atoms with Crippen molar-refractivity contribution in [1.82, 2.24) is 10.3 Å². The zero-order chi connectivity index (χ0) is 12.7. The summed E-state index contributed by atoms with van der Waals surface area (Å²) in [7, 11) is 0. The Morgan fingerprint density at radius 2 is 2.35 bits per heavy atom. The van der Waals surface area contributed by atoms with Crippen molar-refractivity contribution in [3.63, 3.8) is 0 Å². The molecule has 0 aliphatic heterocycles. The van der Waals surface area contributed by atoms with Crippen molar-refractivity contribution in [2.45, 2.75) is 45.7 Å². The van der Waals surface area contributed by atoms with E-state index in [0.717, 1.165) is 30.5 Å². The number of amides is 1. The number of hydrogen-bond acceptors (Lipinski definition) is 3. The van der Waals surface area contributed by atoms with Crippen LogP contribution in [0.15, 0.2) is 18.3 Å². The molecule has 0 aliphatic rings. The average Bonchev–Trinajstić information content (AvgIpc) is 2.34. The van der Waals surface area contributed by atoms with Crippen LogP contribution >= 0.6 is 0 Å². The van der Waals surface area contributed by atoms with Gasteiger partial charge in [0.1, 0.15) is 0 Å². The maximum absolute atomic E-state index is 11.7. The van der Waals surface area contributed by atoms with E-state index in [1.165, 1.54) is 0 Å². The first-order chi connectivity index (χ1) is 8.15. The van der Waals surface area contributed by atoms with Gasteiger partial charge < -0.3 is 11.1 Å². The summed E-state index contributed by atoms with van der Waals surface area (Å²) in [4.78, 5) is 15.9. The predicted octanol–water partition coefficient (Wildman–Crippen LogP) is 1.52. The van der Waals surface area contributed by atoms with Gasteiger partial charge >= 0.3 is 0 Å². The molecule has 17 heavy (non-hydrogen) atoms. The van der Waals surface area contributed by atoms with Gasteiger partial charge in [0.05, 0.1) is 18.3 Å². The molecule has 4 nitrogen and oxygen atoms in total. The lowest BCUT2D eigenvalue weighted by molar-refractivity contribution is -0.122. The first-order valence-corrected chi connectivity index (χ1v) is 6.09. The number of pyridine rings is 1. The molecule has 1 heterocycles. The summed E-state index contributed by atoms with van der Waals surface area (Å²) in [5, 5.41) is 2.82. The highest BCUT2D eigenvalue weighted by Gasteiger charge is 2.12. The molecule has 1 aromatic rings. The van der Waals surface area contributed by atoms with Crippen LogP contribution in [-0.4, -0.2) is 16.9 Å². The molecule has 0 radical (unpaired) electrons. The van der Waals surface area contributed by atoms with Crippen molar-refractivity contribution in [3.05, 3.63) is 29.6 Å². The van der Waals surface area contributed by atoms with E-state index in [1.807, 2.05) is 19.1 Å². The third kappa shape index (κ3) is 4.53. The molecule has 4 heteroatoms. The van der Waals surface area contributed by atoms with E-state index in [2.05, 4.69) is 17.2 Å². The van der Waals surface area contributed by atoms with Gasteiger partial charge in [-0.15, -0.1) is 0 Å². The molecule has 94 valence electrons. The Bertz CT molecular complexity index is 365. The van der Waals surface area contributed by atoms with Crippen LogP contribution in [0.2, 0.25) is 0 Å². The third-order valence-electron chi connectivity index (χ3n) is 2.75. The summed E-state index contributed by atoms with van der Waals surface area (Å²) in [5.74, 6) is -0.0940. The lowest BCUT2D eigenvalue weighted by Crippen LogP contribution is -2.40. The van der Waals surface area contributed by atoms with Crippen LogP contribution in [0.1, 0.15) is 37.4 Å². The molecule has 3 N–H and O–H groups in total. The van der Waals surface area contributed by atoms with Crippen LogP contribution in [0.4, 0.5) is 0 Å². The average molecular weight is 235 g/mol. The third-order valence-corrected chi connectivity index (χ3v) is 2.75. The highest BCUT2D eigenvalue weighted by atomic mass is 16.2. The SMILES string of the molecule is CCCCC(N)C(=O)NCc1ncccc1C. The van der Waals surface area contributed by atoms with E-state index < -0.39 is 6.04 Å². The Kier molecular flexibility index (Phi) is 5.63. The Labute approximate surface area is 103 Å². The van der Waals surface area contributed by atoms with Crippen molar-refractivity contribution in [1.29, 1.82) is 0 Å². The molecule has 0 fully saturated rings. The van der Waals surface area contributed by atoms with E-state index in [4.69, 9.17) is 5.73 Å². The van der Waals surface area contributed by atoms with Crippen molar-refractivity contribution < 1.29 is 4.79 Å². The first-order valence-electron chi connectivity index (χ1n) is 6.09. The molecule has 0 aliphatic carbocycles. The van der Waals surface area contributed by atoms with Crippen LogP contribution in [0.3, 0.4) is 0 Å². The Hall–Kier alpha value is -1.42. The Balaban J connectivity index is 2.40. The number of carbonyl (C=O) groups excluding carboxylic acids is 1. The predicted molar refractivity (Wildman–Crippen MR) is 68.3 cm³/mol. The fourth-order valence-corrected chi connectivity index (χ4v) is 1.56. The Morgan fingerprint density at radius 3 is 3.00 bits per heavy atom. The minimum Gasteiger partial charge on any atom is -0.349 e. The second kappa shape index (κ2) is 7.01. The van der Waals surface area contributed by atoms with Crippen LogP contribution in [0.5, 0.6) is 0 Å². The lowest BCUT2D eigenvalue weighted by Gasteiger charge is -2.12. The fourth-order valence-electron chi connectivity index (χ4n) is 1.56. The molecule has 0 spiro atoms. The van der Waals surface area contributed by atoms with Crippen molar-refractivity contribution in [2.24, 2.45) is 5.73 Å². The van der Waals surface area contributed by atoms with Gasteiger partial charge in [-0.05, 0) is 25.0 Å². The van der Waals surface area contributed by atoms with Gasteiger partial charge in [-0.1, -0.05) is 25.8 Å². The number of unbranched alkanes of at least 4 members (excludes halogenated alkanes) is 1. The molecular formula is C13H21N3O. The molecule has 1 aromatic heterocycles. The molecule has 0 aromatic carbocycles. The second-order valence-corrected chi connectivity index (χ2v) is 4.23. The number of aromatic nitrogens is 1. The zero-order valence-corrected chi connectivity index (χ0v) is 10.6. The van der Waals surface area contributed by atoms with Crippen LogP contribution in [0, 0.1) is 6.92 Å². The first kappa shape index (κ1) is 13.6. The molecular weight excluding hydrogens is 214 g/mol. The minimum atomic E-state index is -0.404. The highest BCUT2D eigenvalue weighted by Crippen LogP contribution is 2.03. The van der Waals surface area contributed by atoms with Gasteiger partial charge in [0.2, 0.25) is 5.91 Å². The summed E-state index contributed by atoms with van der Waals surface area (Å²) in [6, 6.07) is 3.46. The number of aryl methyl sites for hydroxylation is 1. The lowest BCUT2D eigenvalue weighted by atomic mass is 10.1. The zero-order valence-electron chi connectivity index (χ0n) is 10.6. The standard InChI is InChI=1S/C13H21N3O/c1-3-4-7-11(14)13(17)16-9-12-10(2)6-5-8-15-12/h5-6,8,11H,3-4,7,9,14H2,1-2H3,(H,16,17). The Morgan fingerprint density at radius 1 is 1.59 bits per heavy atom. The maximum atomic E-state index is 11.7. The second-order valence-electron chi connectivity index (χ2n) is 4.23. The number of nitrogens with two attached hydrogens (primary N) is 1. The van der Waals surface area contributed by atoms with E-state index in [9.17, 15) is 4.79 Å². The van der Waals surface area contributed by atoms with E-state index in [1.54, 1.807) is 6.20 Å². The summed E-state index contributed by atoms with van der Waals surface area (Å²) in [6.45, 7) is 4.51. The smallest absolute Gasteiger partial charge is 0.237 e. The monoisotopic (exact) mass is 235 g/mol. The number of carbonyl (C=O) groups is 1. The van der Waals surface area contributed by atoms with Gasteiger partial charge in [-0.2, -0.15) is 0 Å². The molecule has 1 rings (SSSR count). The summed E-state index contributed by atoms with van der Waals surface area (Å²) >= 11 is 0. The molecule has 0 saturated heterocycles. The molecule has 1 unspecified atom stereocenters. The topological polar surface area (TPSA) is 68.0 Å². The molecule has 1 atom stereocenters. The minimum absolute atomic E-state index is 0.0940. The largest absolute Gasteiger partial charge is 0.349 e. The number of nitrogens with zero attached hydrogens (tertiary/aromatic N) is 1. The van der Waals surface area contributed by atoms with Gasteiger partial charge in [0.15, 0.2) is 0 Å². The van der Waals surface area contributed by atoms with Crippen molar-refractivity contribution in [3.8, 4) is 0 Å². The van der Waals surface area contributed by atoms with Gasteiger partial charge in [-0.25, -0.2) is 0 Å². The molecule has 0 bridgehead atoms. The quantitative estimate of drug-likeness (QED) is 0.785. The number of nitrogens with one attached hydrogen (secondary N) is 1. The van der Waals surface area contributed by atoms with Crippen LogP contribution in [-0.2, 0) is 11.3 Å². The summed E-state index contributed by atoms with van der Waals surface area (Å²) in [6.07, 6.45) is 4.51. The van der Waals surface area contributed by atoms with E-state index >= 15 is 0 Å². The van der Waals surface area contributed by atoms with Crippen molar-refractivity contribution in [2.75, 3.05) is 0 Å². The van der Waals surface area contributed by atoms with Gasteiger partial charge in [-0.3, -0.25) is 9.78 Å². The maximum Gasteiger partial charge on any atom is 0.237 e. The van der Waals surface area contributed by atoms with Gasteiger partial charge in [0, 0.05) is 6.20 Å². The van der Waals surface area contributed by atoms with Crippen molar-refractivity contribution >= 4 is 5.91 Å². The highest BCUT2D eigenvalue weighted by molar-refractivity contribution is 5.81. The van der Waals surface area contributed by atoms with Crippen LogP contribution in [0.25, 0.3) is 0 Å². The van der Waals surface area contributed by atoms with E-state index in [-0.39, 0.29) is 5.91 Å².